The van der Waals surface area contributed by atoms with Crippen molar-refractivity contribution in [2.24, 2.45) is 0 Å². The largest absolute Gasteiger partial charge is 0.488 e. The average molecular weight is 528 g/mol. The van der Waals surface area contributed by atoms with Gasteiger partial charge in [0.15, 0.2) is 0 Å². The van der Waals surface area contributed by atoms with E-state index in [0.29, 0.717) is 23.6 Å². The highest BCUT2D eigenvalue weighted by molar-refractivity contribution is 9.10. The Morgan fingerprint density at radius 2 is 1.80 bits per heavy atom. The van der Waals surface area contributed by atoms with Crippen molar-refractivity contribution in [3.63, 3.8) is 0 Å². The molecule has 0 spiro atoms. The Kier molecular flexibility index (Phi) is 7.19. The number of fused-ring (bicyclic) bond motifs is 1. The number of benzene rings is 4. The van der Waals surface area contributed by atoms with Crippen LogP contribution in [0.5, 0.6) is 5.75 Å². The number of hydrogen-bond acceptors (Lipinski definition) is 5. The van der Waals surface area contributed by atoms with Crippen molar-refractivity contribution in [2.75, 3.05) is 5.32 Å². The van der Waals surface area contributed by atoms with Crippen LogP contribution in [-0.4, -0.2) is 10.8 Å². The van der Waals surface area contributed by atoms with Gasteiger partial charge in [-0.3, -0.25) is 14.9 Å². The second-order valence-corrected chi connectivity index (χ2v) is 8.45. The molecule has 0 aliphatic rings. The summed E-state index contributed by atoms with van der Waals surface area (Å²) in [6.45, 7) is 0.306. The molecule has 0 unspecified atom stereocenters. The van der Waals surface area contributed by atoms with E-state index in [1.54, 1.807) is 12.1 Å². The van der Waals surface area contributed by atoms with Crippen molar-refractivity contribution in [1.82, 2.24) is 0 Å². The molecule has 7 nitrogen and oxygen atoms in total. The first-order valence-corrected chi connectivity index (χ1v) is 11.3. The number of nitrogens with one attached hydrogen (secondary N) is 1. The third kappa shape index (κ3) is 5.72. The second kappa shape index (κ2) is 10.6. The van der Waals surface area contributed by atoms with Gasteiger partial charge in [0.2, 0.25) is 0 Å². The zero-order valence-corrected chi connectivity index (χ0v) is 19.9. The summed E-state index contributed by atoms with van der Waals surface area (Å²) < 4.78 is 6.85. The number of rotatable bonds is 7. The Bertz CT molecular complexity index is 1490. The van der Waals surface area contributed by atoms with Gasteiger partial charge in [0.1, 0.15) is 24.0 Å². The Morgan fingerprint density at radius 1 is 1.06 bits per heavy atom. The van der Waals surface area contributed by atoms with E-state index in [1.165, 1.54) is 30.3 Å². The lowest BCUT2D eigenvalue weighted by atomic mass is 10.1. The number of halogens is 1. The average Bonchev–Trinajstić information content (AvgIpc) is 2.87. The number of hydrogen-bond donors (Lipinski definition) is 1. The molecule has 172 valence electrons. The van der Waals surface area contributed by atoms with Crippen molar-refractivity contribution in [1.29, 1.82) is 5.26 Å². The molecule has 0 bridgehead atoms. The quantitative estimate of drug-likeness (QED) is 0.125. The fourth-order valence-electron chi connectivity index (χ4n) is 3.51. The van der Waals surface area contributed by atoms with Crippen LogP contribution in [0.25, 0.3) is 16.8 Å². The molecule has 8 heteroatoms. The van der Waals surface area contributed by atoms with Crippen LogP contribution < -0.4 is 10.1 Å². The molecule has 1 N–H and O–H groups in total. The van der Waals surface area contributed by atoms with Crippen LogP contribution in [0.4, 0.5) is 11.4 Å². The van der Waals surface area contributed by atoms with Crippen molar-refractivity contribution in [2.45, 2.75) is 6.61 Å². The van der Waals surface area contributed by atoms with E-state index in [-0.39, 0.29) is 11.3 Å². The van der Waals surface area contributed by atoms with Gasteiger partial charge >= 0.3 is 0 Å². The topological polar surface area (TPSA) is 105 Å². The molecule has 4 rings (SSSR count). The van der Waals surface area contributed by atoms with E-state index in [2.05, 4.69) is 21.2 Å². The molecule has 0 atom stereocenters. The van der Waals surface area contributed by atoms with Gasteiger partial charge in [0.05, 0.1) is 4.92 Å². The van der Waals surface area contributed by atoms with Crippen molar-refractivity contribution < 1.29 is 14.5 Å². The van der Waals surface area contributed by atoms with E-state index in [0.717, 1.165) is 20.8 Å². The fourth-order valence-corrected chi connectivity index (χ4v) is 3.89. The van der Waals surface area contributed by atoms with E-state index in [1.807, 2.05) is 54.6 Å². The number of ether oxygens (including phenoxy) is 1. The number of nitrogens with zero attached hydrogens (tertiary/aromatic N) is 2. The molecule has 0 aliphatic heterocycles. The SMILES string of the molecule is N#C/C(=C\c1cc(Br)ccc1OCc1cccc2ccccc12)C(=O)Nc1ccc([N+](=O)[O-])cc1. The lowest BCUT2D eigenvalue weighted by molar-refractivity contribution is -0.384. The Morgan fingerprint density at radius 3 is 2.54 bits per heavy atom. The van der Waals surface area contributed by atoms with E-state index in [9.17, 15) is 20.2 Å². The summed E-state index contributed by atoms with van der Waals surface area (Å²) in [5.74, 6) is -0.127. The summed E-state index contributed by atoms with van der Waals surface area (Å²) in [5, 5.41) is 25.2. The van der Waals surface area contributed by atoms with Crippen LogP contribution in [0.1, 0.15) is 11.1 Å². The van der Waals surface area contributed by atoms with Crippen LogP contribution in [0.2, 0.25) is 0 Å². The second-order valence-electron chi connectivity index (χ2n) is 7.54. The van der Waals surface area contributed by atoms with Gasteiger partial charge < -0.3 is 10.1 Å². The number of nitro groups is 1. The molecule has 0 heterocycles. The smallest absolute Gasteiger partial charge is 0.269 e. The third-order valence-corrected chi connectivity index (χ3v) is 5.73. The third-order valence-electron chi connectivity index (χ3n) is 5.24. The number of anilines is 1. The molecule has 4 aromatic carbocycles. The summed E-state index contributed by atoms with van der Waals surface area (Å²) in [5.41, 5.74) is 1.66. The van der Waals surface area contributed by atoms with E-state index < -0.39 is 10.8 Å². The Labute approximate surface area is 209 Å². The lowest BCUT2D eigenvalue weighted by Gasteiger charge is -2.12. The first-order chi connectivity index (χ1) is 16.9. The highest BCUT2D eigenvalue weighted by Gasteiger charge is 2.13. The first kappa shape index (κ1) is 23.7. The fraction of sp³-hybridized carbons (Fsp3) is 0.0370. The molecule has 1 amide bonds. The lowest BCUT2D eigenvalue weighted by Crippen LogP contribution is -2.13. The molecule has 35 heavy (non-hydrogen) atoms. The van der Waals surface area contributed by atoms with Crippen LogP contribution in [0.15, 0.2) is 95.0 Å². The van der Waals surface area contributed by atoms with Gasteiger partial charge in [-0.2, -0.15) is 5.26 Å². The maximum atomic E-state index is 12.7. The molecule has 0 radical (unpaired) electrons. The summed E-state index contributed by atoms with van der Waals surface area (Å²) in [4.78, 5) is 23.0. The summed E-state index contributed by atoms with van der Waals surface area (Å²) >= 11 is 3.42. The van der Waals surface area contributed by atoms with Gasteiger partial charge in [-0.25, -0.2) is 0 Å². The highest BCUT2D eigenvalue weighted by atomic mass is 79.9. The molecule has 0 aliphatic carbocycles. The van der Waals surface area contributed by atoms with Crippen LogP contribution >= 0.6 is 15.9 Å². The van der Waals surface area contributed by atoms with E-state index >= 15 is 0 Å². The van der Waals surface area contributed by atoms with Crippen molar-refractivity contribution in [3.05, 3.63) is 116 Å². The molecule has 0 aromatic heterocycles. The van der Waals surface area contributed by atoms with Gasteiger partial charge in [0, 0.05) is 27.9 Å². The minimum absolute atomic E-state index is 0.0961. The Hall–Kier alpha value is -4.48. The predicted molar refractivity (Wildman–Crippen MR) is 138 cm³/mol. The minimum Gasteiger partial charge on any atom is -0.488 e. The van der Waals surface area contributed by atoms with E-state index in [4.69, 9.17) is 4.74 Å². The molecular weight excluding hydrogens is 510 g/mol. The monoisotopic (exact) mass is 527 g/mol. The molecule has 4 aromatic rings. The number of carbonyl (C=O) groups is 1. The Balaban J connectivity index is 1.57. The zero-order valence-electron chi connectivity index (χ0n) is 18.3. The highest BCUT2D eigenvalue weighted by Crippen LogP contribution is 2.28. The van der Waals surface area contributed by atoms with Crippen LogP contribution in [0.3, 0.4) is 0 Å². The standard InChI is InChI=1S/C27H18BrN3O4/c28-22-8-13-26(35-17-19-6-3-5-18-4-1-2-7-25(18)19)20(15-22)14-21(16-29)27(32)30-23-9-11-24(12-10-23)31(33)34/h1-15H,17H2,(H,30,32)/b21-14+. The maximum Gasteiger partial charge on any atom is 0.269 e. The van der Waals surface area contributed by atoms with Gasteiger partial charge in [-0.15, -0.1) is 0 Å². The molecule has 0 fully saturated rings. The van der Waals surface area contributed by atoms with Gasteiger partial charge in [-0.05, 0) is 52.7 Å². The van der Waals surface area contributed by atoms with Gasteiger partial charge in [0.25, 0.3) is 11.6 Å². The molecular formula is C27H18BrN3O4. The molecule has 0 saturated carbocycles. The summed E-state index contributed by atoms with van der Waals surface area (Å²) in [6, 6.07) is 26.7. The first-order valence-electron chi connectivity index (χ1n) is 10.5. The summed E-state index contributed by atoms with van der Waals surface area (Å²) in [7, 11) is 0. The van der Waals surface area contributed by atoms with Crippen molar-refractivity contribution in [3.8, 4) is 11.8 Å². The van der Waals surface area contributed by atoms with Crippen molar-refractivity contribution >= 4 is 50.1 Å². The van der Waals surface area contributed by atoms with Crippen LogP contribution in [0, 0.1) is 21.4 Å². The maximum absolute atomic E-state index is 12.7. The number of carbonyl (C=O) groups excluding carboxylic acids is 1. The zero-order chi connectivity index (χ0) is 24.8. The number of amides is 1. The number of nitro benzene ring substituents is 1. The summed E-state index contributed by atoms with van der Waals surface area (Å²) in [6.07, 6.45) is 1.45. The van der Waals surface area contributed by atoms with Gasteiger partial charge in [-0.1, -0.05) is 58.4 Å². The predicted octanol–water partition coefficient (Wildman–Crippen LogP) is 6.64. The normalized spacial score (nSPS) is 11.0. The van der Waals surface area contributed by atoms with Crippen LogP contribution in [-0.2, 0) is 11.4 Å². The number of nitriles is 1. The number of non-ortho nitro benzene ring substituents is 1. The minimum atomic E-state index is -0.638. The molecule has 0 saturated heterocycles.